The zero-order valence-corrected chi connectivity index (χ0v) is 6.13. The van der Waals surface area contributed by atoms with E-state index >= 15 is 0 Å². The third-order valence-electron chi connectivity index (χ3n) is 0.781. The van der Waals surface area contributed by atoms with Crippen molar-refractivity contribution in [3.05, 3.63) is 0 Å². The summed E-state index contributed by atoms with van der Waals surface area (Å²) in [6, 6.07) is 0. The van der Waals surface area contributed by atoms with Crippen molar-refractivity contribution in [2.24, 2.45) is 5.92 Å². The maximum absolute atomic E-state index is 10.4. The molecule has 0 aromatic rings. The summed E-state index contributed by atoms with van der Waals surface area (Å²) in [5.74, 6) is -0.592. The summed E-state index contributed by atoms with van der Waals surface area (Å²) in [4.78, 5) is 26.8. The second-order valence-corrected chi connectivity index (χ2v) is 3.57. The zero-order chi connectivity index (χ0) is 7.65. The van der Waals surface area contributed by atoms with E-state index in [1.165, 1.54) is 13.8 Å². The normalized spacial score (nSPS) is 10.9. The average Bonchev–Trinajstić information content (AvgIpc) is 1.62. The molecule has 0 rings (SSSR count). The topological polar surface area (TPSA) is 74.6 Å². The summed E-state index contributed by atoms with van der Waals surface area (Å²) in [6.45, 7) is 2.89. The van der Waals surface area contributed by atoms with Crippen molar-refractivity contribution >= 4 is 42.7 Å². The Hall–Kier alpha value is 0.820. The Labute approximate surface area is 81.5 Å². The van der Waals surface area contributed by atoms with Gasteiger partial charge in [-0.1, -0.05) is 13.8 Å². The fourth-order valence-corrected chi connectivity index (χ4v) is 1.01. The van der Waals surface area contributed by atoms with Crippen LogP contribution in [0.5, 0.6) is 0 Å². The van der Waals surface area contributed by atoms with E-state index in [4.69, 9.17) is 9.79 Å². The van der Waals surface area contributed by atoms with Gasteiger partial charge in [0.25, 0.3) is 0 Å². The monoisotopic (exact) mass is 176 g/mol. The van der Waals surface area contributed by atoms with Gasteiger partial charge in [-0.25, -0.2) is 0 Å². The Morgan fingerprint density at radius 1 is 1.40 bits per heavy atom. The first-order chi connectivity index (χ1) is 3.85. The summed E-state index contributed by atoms with van der Waals surface area (Å²) in [6.07, 6.45) is 0. The zero-order valence-electron chi connectivity index (χ0n) is 5.24. The molecule has 0 aliphatic carbocycles. The number of hydrogen-bond donors (Lipinski definition) is 2. The van der Waals surface area contributed by atoms with Gasteiger partial charge in [-0.05, 0) is 0 Å². The molecule has 4 nitrogen and oxygen atoms in total. The van der Waals surface area contributed by atoms with Crippen molar-refractivity contribution in [2.75, 3.05) is 0 Å². The van der Waals surface area contributed by atoms with Crippen LogP contribution in [0.1, 0.15) is 13.8 Å². The maximum atomic E-state index is 10.4. The molecule has 0 aliphatic heterocycles. The van der Waals surface area contributed by atoms with Crippen molar-refractivity contribution in [3.63, 3.8) is 0 Å². The molecule has 0 aromatic heterocycles. The van der Waals surface area contributed by atoms with Crippen LogP contribution in [0.4, 0.5) is 0 Å². The number of carbonyl (C=O) groups excluding carboxylic acids is 1. The molecule has 0 heterocycles. The summed E-state index contributed by atoms with van der Waals surface area (Å²) >= 11 is 0. The van der Waals surface area contributed by atoms with Gasteiger partial charge < -0.3 is 9.79 Å². The van der Waals surface area contributed by atoms with Crippen LogP contribution in [0.2, 0.25) is 0 Å². The molecule has 0 aliphatic rings. The molecule has 0 spiro atoms. The summed E-state index contributed by atoms with van der Waals surface area (Å²) in [5.41, 5.74) is -0.998. The van der Waals surface area contributed by atoms with Crippen LogP contribution in [0.3, 0.4) is 0 Å². The molecule has 0 unspecified atom stereocenters. The molecule has 0 aromatic carbocycles. The summed E-state index contributed by atoms with van der Waals surface area (Å²) in [5, 5.41) is 0. The molecule has 0 amide bonds. The number of carbonyl (C=O) groups is 1. The molecule has 2 N–H and O–H groups in total. The minimum atomic E-state index is -4.45. The quantitative estimate of drug-likeness (QED) is 0.447. The van der Waals surface area contributed by atoms with Gasteiger partial charge >= 0.3 is 37.2 Å². The van der Waals surface area contributed by atoms with E-state index in [-0.39, 0.29) is 29.6 Å². The number of rotatable bonds is 2. The van der Waals surface area contributed by atoms with Gasteiger partial charge in [-0.3, -0.25) is 9.36 Å². The molecule has 56 valence electrons. The van der Waals surface area contributed by atoms with E-state index in [1.807, 2.05) is 0 Å². The standard InChI is InChI=1S/C4H9O4P.Na.H/c1-3(2)4(5)9(6,7)8;;/h3H,1-2H3,(H2,6,7,8);;. The fraction of sp³-hybridized carbons (Fsp3) is 0.750. The van der Waals surface area contributed by atoms with Crippen LogP contribution in [-0.2, 0) is 9.36 Å². The van der Waals surface area contributed by atoms with Crippen LogP contribution >= 0.6 is 7.60 Å². The third kappa shape index (κ3) is 4.61. The molecule has 0 fully saturated rings. The fourth-order valence-electron chi connectivity index (χ4n) is 0.336. The van der Waals surface area contributed by atoms with E-state index in [2.05, 4.69) is 0 Å². The molecular formula is C4H10NaO4P. The molecule has 6 heteroatoms. The van der Waals surface area contributed by atoms with Gasteiger partial charge in [0.2, 0.25) is 5.52 Å². The number of hydrogen-bond acceptors (Lipinski definition) is 2. The van der Waals surface area contributed by atoms with Gasteiger partial charge in [-0.15, -0.1) is 0 Å². The Kier molecular flexibility index (Phi) is 6.23. The summed E-state index contributed by atoms with van der Waals surface area (Å²) in [7, 11) is -4.45. The SMILES string of the molecule is CC(C)C(=O)P(=O)(O)O.[NaH]. The molecule has 0 radical (unpaired) electrons. The molecule has 0 bridgehead atoms. The van der Waals surface area contributed by atoms with E-state index in [0.29, 0.717) is 0 Å². The molecule has 0 saturated carbocycles. The minimum absolute atomic E-state index is 0. The van der Waals surface area contributed by atoms with Crippen LogP contribution < -0.4 is 0 Å². The van der Waals surface area contributed by atoms with E-state index in [1.54, 1.807) is 0 Å². The average molecular weight is 176 g/mol. The van der Waals surface area contributed by atoms with E-state index in [9.17, 15) is 9.36 Å². The van der Waals surface area contributed by atoms with Gasteiger partial charge in [0.15, 0.2) is 0 Å². The Morgan fingerprint density at radius 3 is 1.70 bits per heavy atom. The van der Waals surface area contributed by atoms with E-state index in [0.717, 1.165) is 0 Å². The second-order valence-electron chi connectivity index (χ2n) is 2.04. The molecule has 0 saturated heterocycles. The Bertz CT molecular complexity index is 161. The second kappa shape index (κ2) is 4.65. The van der Waals surface area contributed by atoms with Crippen molar-refractivity contribution in [2.45, 2.75) is 13.8 Å². The Balaban J connectivity index is 0. The molecule has 10 heavy (non-hydrogen) atoms. The van der Waals surface area contributed by atoms with Crippen LogP contribution in [0, 0.1) is 5.92 Å². The predicted molar refractivity (Wildman–Crippen MR) is 39.0 cm³/mol. The Morgan fingerprint density at radius 2 is 1.70 bits per heavy atom. The summed E-state index contributed by atoms with van der Waals surface area (Å²) < 4.78 is 10.1. The van der Waals surface area contributed by atoms with Gasteiger partial charge in [0.1, 0.15) is 0 Å². The first kappa shape index (κ1) is 13.4. The first-order valence-corrected chi connectivity index (χ1v) is 4.07. The predicted octanol–water partition coefficient (Wildman–Crippen LogP) is -0.302. The van der Waals surface area contributed by atoms with E-state index < -0.39 is 19.0 Å². The van der Waals surface area contributed by atoms with Crippen molar-refractivity contribution in [1.82, 2.24) is 0 Å². The van der Waals surface area contributed by atoms with Crippen molar-refractivity contribution < 1.29 is 19.1 Å². The molecule has 0 atom stereocenters. The van der Waals surface area contributed by atoms with Gasteiger partial charge in [0, 0.05) is 5.92 Å². The van der Waals surface area contributed by atoms with Gasteiger partial charge in [0.05, 0.1) is 0 Å². The van der Waals surface area contributed by atoms with Crippen LogP contribution in [0.25, 0.3) is 0 Å². The third-order valence-corrected chi connectivity index (χ3v) is 1.87. The van der Waals surface area contributed by atoms with Crippen LogP contribution in [0.15, 0.2) is 0 Å². The van der Waals surface area contributed by atoms with Gasteiger partial charge in [-0.2, -0.15) is 0 Å². The first-order valence-electron chi connectivity index (χ1n) is 2.45. The molecular weight excluding hydrogens is 166 g/mol. The van der Waals surface area contributed by atoms with Crippen molar-refractivity contribution in [1.29, 1.82) is 0 Å². The van der Waals surface area contributed by atoms with Crippen molar-refractivity contribution in [3.8, 4) is 0 Å². The van der Waals surface area contributed by atoms with Crippen LogP contribution in [-0.4, -0.2) is 44.9 Å².